The summed E-state index contributed by atoms with van der Waals surface area (Å²) >= 11 is 0. The highest BCUT2D eigenvalue weighted by molar-refractivity contribution is 7.89. The first kappa shape index (κ1) is 18.8. The van der Waals surface area contributed by atoms with Crippen molar-refractivity contribution in [3.63, 3.8) is 0 Å². The number of aryl methyl sites for hydroxylation is 2. The Morgan fingerprint density at radius 2 is 1.85 bits per heavy atom. The molecule has 0 spiro atoms. The lowest BCUT2D eigenvalue weighted by molar-refractivity contribution is -0.385. The summed E-state index contributed by atoms with van der Waals surface area (Å²) in [4.78, 5) is 12.3. The molecule has 0 aliphatic heterocycles. The van der Waals surface area contributed by atoms with Gasteiger partial charge in [0.25, 0.3) is 15.7 Å². The van der Waals surface area contributed by atoms with Crippen molar-refractivity contribution in [1.29, 1.82) is 0 Å². The van der Waals surface area contributed by atoms with Crippen LogP contribution in [0.1, 0.15) is 35.1 Å². The van der Waals surface area contributed by atoms with Crippen molar-refractivity contribution in [2.24, 2.45) is 5.10 Å². The van der Waals surface area contributed by atoms with Gasteiger partial charge in [-0.15, -0.1) is 0 Å². The second-order valence-corrected chi connectivity index (χ2v) is 8.13. The van der Waals surface area contributed by atoms with Crippen molar-refractivity contribution in [1.82, 2.24) is 4.83 Å². The Kier molecular flexibility index (Phi) is 4.88. The van der Waals surface area contributed by atoms with Gasteiger partial charge in [0.15, 0.2) is 0 Å². The fourth-order valence-electron chi connectivity index (χ4n) is 3.17. The minimum absolute atomic E-state index is 0.0548. The van der Waals surface area contributed by atoms with E-state index in [0.29, 0.717) is 23.3 Å². The third kappa shape index (κ3) is 3.63. The van der Waals surface area contributed by atoms with Crippen LogP contribution in [-0.2, 0) is 16.4 Å². The number of hydrogen-bond donors (Lipinski definition) is 2. The lowest BCUT2D eigenvalue weighted by atomic mass is 9.86. The Morgan fingerprint density at radius 3 is 2.56 bits per heavy atom. The molecule has 27 heavy (non-hydrogen) atoms. The predicted octanol–water partition coefficient (Wildman–Crippen LogP) is 2.94. The number of hydrazone groups is 1. The summed E-state index contributed by atoms with van der Waals surface area (Å²) in [6.45, 7) is 3.46. The number of aromatic hydroxyl groups is 1. The molecule has 0 bridgehead atoms. The largest absolute Gasteiger partial charge is 0.507 e. The van der Waals surface area contributed by atoms with E-state index in [2.05, 4.69) is 9.93 Å². The number of phenolic OH excluding ortho intramolecular Hbond substituents is 1. The van der Waals surface area contributed by atoms with Gasteiger partial charge in [0, 0.05) is 17.2 Å². The second-order valence-electron chi connectivity index (χ2n) is 6.47. The van der Waals surface area contributed by atoms with Crippen LogP contribution >= 0.6 is 0 Å². The van der Waals surface area contributed by atoms with E-state index in [0.717, 1.165) is 30.0 Å². The molecule has 0 unspecified atom stereocenters. The van der Waals surface area contributed by atoms with Crippen LogP contribution in [0.2, 0.25) is 0 Å². The minimum atomic E-state index is -4.08. The Hall–Kier alpha value is -2.94. The summed E-state index contributed by atoms with van der Waals surface area (Å²) in [5.41, 5.74) is 3.05. The Labute approximate surface area is 156 Å². The molecule has 0 amide bonds. The first-order valence-electron chi connectivity index (χ1n) is 8.36. The molecule has 1 aliphatic carbocycles. The molecule has 2 aromatic rings. The molecule has 8 nitrogen and oxygen atoms in total. The third-order valence-corrected chi connectivity index (χ3v) is 5.85. The summed E-state index contributed by atoms with van der Waals surface area (Å²) in [6.07, 6.45) is 2.08. The van der Waals surface area contributed by atoms with Crippen LogP contribution < -0.4 is 4.83 Å². The van der Waals surface area contributed by atoms with Crippen LogP contribution in [0.15, 0.2) is 40.3 Å². The molecule has 0 saturated heterocycles. The van der Waals surface area contributed by atoms with Gasteiger partial charge in [-0.2, -0.15) is 18.4 Å². The lowest BCUT2D eigenvalue weighted by Crippen LogP contribution is -2.23. The number of fused-ring (bicyclic) bond motifs is 1. The zero-order valence-electron chi connectivity index (χ0n) is 14.9. The van der Waals surface area contributed by atoms with E-state index in [9.17, 15) is 23.6 Å². The van der Waals surface area contributed by atoms with E-state index in [-0.39, 0.29) is 16.3 Å². The average Bonchev–Trinajstić information content (AvgIpc) is 2.63. The molecule has 0 aromatic heterocycles. The highest BCUT2D eigenvalue weighted by Crippen LogP contribution is 2.31. The molecule has 3 rings (SSSR count). The summed E-state index contributed by atoms with van der Waals surface area (Å²) in [5, 5.41) is 25.3. The van der Waals surface area contributed by atoms with E-state index >= 15 is 0 Å². The molecule has 9 heteroatoms. The van der Waals surface area contributed by atoms with Crippen molar-refractivity contribution in [3.05, 3.63) is 62.7 Å². The summed E-state index contributed by atoms with van der Waals surface area (Å²) in [5.74, 6) is 0.0548. The number of sulfonamides is 1. The summed E-state index contributed by atoms with van der Waals surface area (Å²) in [7, 11) is -4.08. The number of hydrogen-bond acceptors (Lipinski definition) is 6. The quantitative estimate of drug-likeness (QED) is 0.615. The van der Waals surface area contributed by atoms with E-state index in [1.807, 2.05) is 13.0 Å². The van der Waals surface area contributed by atoms with Crippen LogP contribution in [0.25, 0.3) is 0 Å². The monoisotopic (exact) mass is 389 g/mol. The Morgan fingerprint density at radius 1 is 1.15 bits per heavy atom. The molecule has 0 atom stereocenters. The molecule has 0 heterocycles. The summed E-state index contributed by atoms with van der Waals surface area (Å²) < 4.78 is 25.0. The first-order chi connectivity index (χ1) is 12.7. The Balaban J connectivity index is 1.97. The molecule has 0 radical (unpaired) electrons. The molecule has 1 aliphatic rings. The maximum Gasteiger partial charge on any atom is 0.276 e. The molecular formula is C18H19N3O5S. The number of nitro groups is 1. The number of rotatable bonds is 4. The van der Waals surface area contributed by atoms with Crippen molar-refractivity contribution >= 4 is 21.4 Å². The van der Waals surface area contributed by atoms with Gasteiger partial charge in [-0.25, -0.2) is 0 Å². The highest BCUT2D eigenvalue weighted by Gasteiger charge is 2.23. The zero-order valence-corrected chi connectivity index (χ0v) is 15.7. The average molecular weight is 389 g/mol. The SMILES string of the molecule is Cc1ccc(S(=O)(=O)N/N=C2\CCCc3c(C)ccc(O)c32)cc1[N+](=O)[O-]. The van der Waals surface area contributed by atoms with Crippen LogP contribution in [0.5, 0.6) is 5.75 Å². The lowest BCUT2D eigenvalue weighted by Gasteiger charge is -2.21. The molecular weight excluding hydrogens is 370 g/mol. The molecule has 0 fully saturated rings. The number of nitrogens with one attached hydrogen (secondary N) is 1. The maximum atomic E-state index is 12.5. The standard InChI is InChI=1S/C18H19N3O5S/c1-11-7-9-17(22)18-14(11)4-3-5-15(18)19-20-27(25,26)13-8-6-12(2)16(10-13)21(23)24/h6-10,20,22H,3-5H2,1-2H3/b19-15+. The number of nitro benzene ring substituents is 1. The molecule has 2 aromatic carbocycles. The first-order valence-corrected chi connectivity index (χ1v) is 9.84. The molecule has 0 saturated carbocycles. The number of benzene rings is 2. The highest BCUT2D eigenvalue weighted by atomic mass is 32.2. The number of nitrogens with zero attached hydrogens (tertiary/aromatic N) is 2. The van der Waals surface area contributed by atoms with Gasteiger partial charge in [-0.1, -0.05) is 12.1 Å². The predicted molar refractivity (Wildman–Crippen MR) is 100 cm³/mol. The topological polar surface area (TPSA) is 122 Å². The van der Waals surface area contributed by atoms with Crippen LogP contribution in [0, 0.1) is 24.0 Å². The smallest absolute Gasteiger partial charge is 0.276 e. The van der Waals surface area contributed by atoms with E-state index in [1.165, 1.54) is 19.1 Å². The van der Waals surface area contributed by atoms with Crippen molar-refractivity contribution in [3.8, 4) is 5.75 Å². The Bertz CT molecular complexity index is 1060. The van der Waals surface area contributed by atoms with Gasteiger partial charge in [0.1, 0.15) is 5.75 Å². The molecule has 2 N–H and O–H groups in total. The number of phenols is 1. The van der Waals surface area contributed by atoms with Crippen molar-refractivity contribution in [2.45, 2.75) is 38.0 Å². The van der Waals surface area contributed by atoms with Crippen LogP contribution in [0.4, 0.5) is 5.69 Å². The van der Waals surface area contributed by atoms with E-state index in [4.69, 9.17) is 0 Å². The maximum absolute atomic E-state index is 12.5. The second kappa shape index (κ2) is 6.99. The van der Waals surface area contributed by atoms with Crippen molar-refractivity contribution < 1.29 is 18.4 Å². The van der Waals surface area contributed by atoms with Crippen molar-refractivity contribution in [2.75, 3.05) is 0 Å². The zero-order chi connectivity index (χ0) is 19.8. The van der Waals surface area contributed by atoms with Gasteiger partial charge in [0.2, 0.25) is 0 Å². The fraction of sp³-hybridized carbons (Fsp3) is 0.278. The third-order valence-electron chi connectivity index (χ3n) is 4.64. The van der Waals surface area contributed by atoms with E-state index in [1.54, 1.807) is 6.07 Å². The summed E-state index contributed by atoms with van der Waals surface area (Å²) in [6, 6.07) is 7.06. The van der Waals surface area contributed by atoms with Crippen LogP contribution in [-0.4, -0.2) is 24.2 Å². The van der Waals surface area contributed by atoms with E-state index < -0.39 is 14.9 Å². The van der Waals surface area contributed by atoms with Crippen LogP contribution in [0.3, 0.4) is 0 Å². The van der Waals surface area contributed by atoms with Gasteiger partial charge in [0.05, 0.1) is 15.5 Å². The van der Waals surface area contributed by atoms with Gasteiger partial charge >= 0.3 is 0 Å². The van der Waals surface area contributed by atoms with Gasteiger partial charge in [-0.05, 0) is 56.4 Å². The fourth-order valence-corrected chi connectivity index (χ4v) is 4.02. The normalized spacial score (nSPS) is 15.4. The molecule has 142 valence electrons. The van der Waals surface area contributed by atoms with Gasteiger partial charge in [-0.3, -0.25) is 10.1 Å². The van der Waals surface area contributed by atoms with Gasteiger partial charge < -0.3 is 5.11 Å². The minimum Gasteiger partial charge on any atom is -0.507 e.